The van der Waals surface area contributed by atoms with Crippen LogP contribution in [-0.2, 0) is 32.7 Å². The number of hydrogen-bond donors (Lipinski definition) is 3. The molecule has 0 bridgehead atoms. The monoisotopic (exact) mass is 669 g/mol. The number of carboxylic acid groups (broad SMARTS) is 1. The van der Waals surface area contributed by atoms with Crippen molar-refractivity contribution in [3.63, 3.8) is 0 Å². The maximum absolute atomic E-state index is 12.4. The molecule has 0 aliphatic heterocycles. The van der Waals surface area contributed by atoms with Crippen molar-refractivity contribution in [1.29, 1.82) is 0 Å². The van der Waals surface area contributed by atoms with E-state index in [1.165, 1.54) is 38.5 Å². The molecule has 0 fully saturated rings. The van der Waals surface area contributed by atoms with Crippen LogP contribution in [0.25, 0.3) is 0 Å². The molecule has 10 nitrogen and oxygen atoms in total. The van der Waals surface area contributed by atoms with E-state index in [1.807, 2.05) is 12.2 Å². The minimum absolute atomic E-state index is 0.0169. The summed E-state index contributed by atoms with van der Waals surface area (Å²) in [6.07, 6.45) is 34.6. The molecule has 3 atom stereocenters. The number of esters is 1. The Morgan fingerprint density at radius 3 is 1.70 bits per heavy atom. The lowest BCUT2D eigenvalue weighted by atomic mass is 10.1. The molecule has 0 heterocycles. The molecule has 0 saturated heterocycles. The van der Waals surface area contributed by atoms with Gasteiger partial charge in [0, 0.05) is 6.61 Å². The lowest BCUT2D eigenvalue weighted by Crippen LogP contribution is -2.34. The highest BCUT2D eigenvalue weighted by Gasteiger charge is 2.27. The molecule has 0 aliphatic carbocycles. The Morgan fingerprint density at radius 1 is 0.696 bits per heavy atom. The number of carboxylic acids is 1. The van der Waals surface area contributed by atoms with Gasteiger partial charge < -0.3 is 25.2 Å². The van der Waals surface area contributed by atoms with Gasteiger partial charge in [-0.25, -0.2) is 4.57 Å². The van der Waals surface area contributed by atoms with Gasteiger partial charge in [-0.15, -0.1) is 0 Å². The summed E-state index contributed by atoms with van der Waals surface area (Å²) in [4.78, 5) is 33.2. The highest BCUT2D eigenvalue weighted by Crippen LogP contribution is 2.43. The molecule has 0 rings (SSSR count). The maximum Gasteiger partial charge on any atom is 0.472 e. The van der Waals surface area contributed by atoms with Gasteiger partial charge in [-0.3, -0.25) is 18.6 Å². The normalized spacial score (nSPS) is 15.0. The van der Waals surface area contributed by atoms with E-state index in [9.17, 15) is 19.0 Å². The van der Waals surface area contributed by atoms with E-state index in [4.69, 9.17) is 24.8 Å². The number of rotatable bonds is 31. The molecule has 0 saturated carbocycles. The van der Waals surface area contributed by atoms with Crippen LogP contribution in [0, 0.1) is 0 Å². The number of unbranched alkanes of at least 4 members (excludes halogenated alkanes) is 8. The Labute approximate surface area is 277 Å². The first-order chi connectivity index (χ1) is 22.2. The fourth-order valence-corrected chi connectivity index (χ4v) is 4.75. The molecule has 46 heavy (non-hydrogen) atoms. The molecule has 3 unspecified atom stereocenters. The molecule has 0 aromatic heterocycles. The number of phosphoric acid groups is 1. The van der Waals surface area contributed by atoms with Crippen molar-refractivity contribution >= 4 is 19.8 Å². The summed E-state index contributed by atoms with van der Waals surface area (Å²) in [6.45, 7) is 3.58. The molecule has 0 aliphatic rings. The molecule has 0 aromatic carbocycles. The van der Waals surface area contributed by atoms with Gasteiger partial charge in [-0.2, -0.15) is 0 Å². The van der Waals surface area contributed by atoms with Crippen LogP contribution >= 0.6 is 7.82 Å². The molecule has 0 radical (unpaired) electrons. The van der Waals surface area contributed by atoms with Gasteiger partial charge in [0.2, 0.25) is 0 Å². The largest absolute Gasteiger partial charge is 0.480 e. The number of hydrogen-bond acceptors (Lipinski definition) is 8. The molecule has 264 valence electrons. The van der Waals surface area contributed by atoms with Gasteiger partial charge >= 0.3 is 19.8 Å². The molecule has 11 heteroatoms. The van der Waals surface area contributed by atoms with Gasteiger partial charge in [0.15, 0.2) is 0 Å². The molecular weight excluding hydrogens is 609 g/mol. The lowest BCUT2D eigenvalue weighted by molar-refractivity contribution is -0.153. The van der Waals surface area contributed by atoms with Crippen molar-refractivity contribution in [2.24, 2.45) is 5.73 Å². The average Bonchev–Trinajstić information content (AvgIpc) is 3.03. The van der Waals surface area contributed by atoms with Gasteiger partial charge in [0.25, 0.3) is 0 Å². The van der Waals surface area contributed by atoms with Crippen molar-refractivity contribution in [1.82, 2.24) is 0 Å². The Kier molecular flexibility index (Phi) is 29.7. The van der Waals surface area contributed by atoms with E-state index in [0.29, 0.717) is 13.0 Å². The standard InChI is InChI=1S/C35H60NO9P/c1-3-5-7-9-11-13-14-15-16-17-18-19-21-23-25-27-34(37)45-32(30-43-46(40,41)44-31-33(36)35(38)39)29-42-28-26-24-22-20-12-10-8-6-4-2/h5,7,11,13,15-16,18-19,23,25,32-33H,3-4,6,8-10,12,14,17,20-22,24,26-31,36H2,1-2H3,(H,38,39)(H,40,41)/b7-5-,13-11-,16-15-,19-18-,25-23-. The first-order valence-electron chi connectivity index (χ1n) is 16.8. The van der Waals surface area contributed by atoms with E-state index < -0.39 is 45.1 Å². The number of nitrogens with two attached hydrogens (primary N) is 1. The van der Waals surface area contributed by atoms with E-state index in [2.05, 4.69) is 60.9 Å². The molecule has 0 spiro atoms. The smallest absolute Gasteiger partial charge is 0.472 e. The Hall–Kier alpha value is -2.33. The number of ether oxygens (including phenoxy) is 2. The zero-order valence-electron chi connectivity index (χ0n) is 28.1. The summed E-state index contributed by atoms with van der Waals surface area (Å²) in [5.41, 5.74) is 5.31. The third-order valence-corrected chi connectivity index (χ3v) is 7.55. The van der Waals surface area contributed by atoms with Crippen LogP contribution in [0.1, 0.15) is 110 Å². The second kappa shape index (κ2) is 31.3. The van der Waals surface area contributed by atoms with Crippen LogP contribution in [0.15, 0.2) is 60.8 Å². The number of allylic oxidation sites excluding steroid dienone is 9. The van der Waals surface area contributed by atoms with Crippen LogP contribution < -0.4 is 5.73 Å². The van der Waals surface area contributed by atoms with E-state index in [-0.39, 0.29) is 13.0 Å². The minimum Gasteiger partial charge on any atom is -0.480 e. The number of phosphoric ester groups is 1. The first-order valence-corrected chi connectivity index (χ1v) is 18.3. The Balaban J connectivity index is 4.54. The van der Waals surface area contributed by atoms with Crippen LogP contribution in [0.2, 0.25) is 0 Å². The lowest BCUT2D eigenvalue weighted by Gasteiger charge is -2.20. The third-order valence-electron chi connectivity index (χ3n) is 6.59. The van der Waals surface area contributed by atoms with Crippen molar-refractivity contribution in [2.45, 2.75) is 122 Å². The predicted molar refractivity (Wildman–Crippen MR) is 184 cm³/mol. The van der Waals surface area contributed by atoms with Crippen LogP contribution in [-0.4, -0.2) is 60.5 Å². The summed E-state index contributed by atoms with van der Waals surface area (Å²) >= 11 is 0. The summed E-state index contributed by atoms with van der Waals surface area (Å²) in [5, 5.41) is 8.83. The van der Waals surface area contributed by atoms with E-state index >= 15 is 0 Å². The SMILES string of the molecule is CC/C=C\C/C=C\C/C=C\C/C=C\C/C=C\CC(=O)OC(COCCCCCCCCCCC)COP(=O)(O)OCC(N)C(=O)O. The highest BCUT2D eigenvalue weighted by atomic mass is 31.2. The highest BCUT2D eigenvalue weighted by molar-refractivity contribution is 7.47. The quantitative estimate of drug-likeness (QED) is 0.0285. The van der Waals surface area contributed by atoms with E-state index in [1.54, 1.807) is 6.08 Å². The fourth-order valence-electron chi connectivity index (χ4n) is 3.97. The molecule has 0 amide bonds. The second-order valence-electron chi connectivity index (χ2n) is 10.9. The molecule has 4 N–H and O–H groups in total. The summed E-state index contributed by atoms with van der Waals surface area (Å²) in [7, 11) is -4.63. The van der Waals surface area contributed by atoms with Gasteiger partial charge in [0.1, 0.15) is 12.1 Å². The second-order valence-corrected chi connectivity index (χ2v) is 12.4. The minimum atomic E-state index is -4.63. The van der Waals surface area contributed by atoms with Gasteiger partial charge in [0.05, 0.1) is 26.2 Å². The number of aliphatic carboxylic acids is 1. The van der Waals surface area contributed by atoms with Crippen LogP contribution in [0.4, 0.5) is 0 Å². The van der Waals surface area contributed by atoms with Gasteiger partial charge in [-0.1, -0.05) is 126 Å². The van der Waals surface area contributed by atoms with Crippen molar-refractivity contribution in [3.05, 3.63) is 60.8 Å². The third kappa shape index (κ3) is 30.3. The van der Waals surface area contributed by atoms with Crippen molar-refractivity contribution in [3.8, 4) is 0 Å². The number of carbonyl (C=O) groups is 2. The Morgan fingerprint density at radius 2 is 1.17 bits per heavy atom. The average molecular weight is 670 g/mol. The summed E-state index contributed by atoms with van der Waals surface area (Å²) in [6, 6.07) is -1.49. The zero-order chi connectivity index (χ0) is 34.1. The van der Waals surface area contributed by atoms with Crippen LogP contribution in [0.3, 0.4) is 0 Å². The fraction of sp³-hybridized carbons (Fsp3) is 0.657. The maximum atomic E-state index is 12.4. The molecular formula is C35H60NO9P. The van der Waals surface area contributed by atoms with Crippen molar-refractivity contribution < 1.29 is 42.7 Å². The van der Waals surface area contributed by atoms with Crippen molar-refractivity contribution in [2.75, 3.05) is 26.4 Å². The molecule has 0 aromatic rings. The van der Waals surface area contributed by atoms with Crippen LogP contribution in [0.5, 0.6) is 0 Å². The van der Waals surface area contributed by atoms with Gasteiger partial charge in [-0.05, 0) is 38.5 Å². The Bertz CT molecular complexity index is 962. The topological polar surface area (TPSA) is 155 Å². The zero-order valence-corrected chi connectivity index (χ0v) is 29.0. The number of carbonyl (C=O) groups excluding carboxylic acids is 1. The summed E-state index contributed by atoms with van der Waals surface area (Å²) < 4.78 is 32.9. The summed E-state index contributed by atoms with van der Waals surface area (Å²) in [5.74, 6) is -1.92. The van der Waals surface area contributed by atoms with E-state index in [0.717, 1.165) is 44.9 Å². The predicted octanol–water partition coefficient (Wildman–Crippen LogP) is 8.13. The first kappa shape index (κ1) is 43.7.